The third kappa shape index (κ3) is 3.19. The molecule has 0 fully saturated rings. The fraction of sp³-hybridized carbons (Fsp3) is 0.111. The van der Waals surface area contributed by atoms with E-state index in [2.05, 4.69) is 20.9 Å². The number of hydrogen-bond donors (Lipinski definition) is 1. The van der Waals surface area contributed by atoms with E-state index in [1.165, 1.54) is 0 Å². The average molecular weight is 371 g/mol. The number of nitrogens with one attached hydrogen (secondary N) is 1. The molecule has 0 spiro atoms. The lowest BCUT2D eigenvalue weighted by Crippen LogP contribution is -2.29. The highest BCUT2D eigenvalue weighted by Gasteiger charge is 2.16. The Labute approximate surface area is 141 Å². The Bertz CT molecular complexity index is 933. The summed E-state index contributed by atoms with van der Waals surface area (Å²) in [6, 6.07) is 16.7. The zero-order chi connectivity index (χ0) is 16.4. The number of pyridine rings is 1. The Morgan fingerprint density at radius 3 is 2.61 bits per heavy atom. The molecule has 116 valence electrons. The molecule has 0 aliphatic rings. The van der Waals surface area contributed by atoms with E-state index in [9.17, 15) is 9.59 Å². The average Bonchev–Trinajstić information content (AvgIpc) is 2.55. The molecule has 2 aromatic carbocycles. The summed E-state index contributed by atoms with van der Waals surface area (Å²) < 4.78 is 0.740. The Morgan fingerprint density at radius 2 is 1.83 bits per heavy atom. The van der Waals surface area contributed by atoms with Crippen LogP contribution in [0.15, 0.2) is 63.9 Å². The van der Waals surface area contributed by atoms with Crippen LogP contribution in [-0.4, -0.2) is 22.8 Å². The van der Waals surface area contributed by atoms with Crippen molar-refractivity contribution >= 4 is 32.7 Å². The Hall–Kier alpha value is -2.40. The van der Waals surface area contributed by atoms with Crippen molar-refractivity contribution in [1.82, 2.24) is 9.88 Å². The van der Waals surface area contributed by atoms with Gasteiger partial charge in [-0.1, -0.05) is 30.3 Å². The first-order valence-electron chi connectivity index (χ1n) is 7.17. The minimum Gasteiger partial charge on any atom is -0.337 e. The standard InChI is InChI=1S/C18H15BrN2O2/c1-21(18(23)14-7-3-4-8-15(14)19)11-13-10-12-6-2-5-9-16(12)20-17(13)22/h2-10H,11H2,1H3,(H,20,22). The summed E-state index contributed by atoms with van der Waals surface area (Å²) in [5.74, 6) is -0.134. The van der Waals surface area contributed by atoms with Crippen LogP contribution in [0.3, 0.4) is 0 Å². The van der Waals surface area contributed by atoms with Gasteiger partial charge in [-0.05, 0) is 45.6 Å². The number of carbonyl (C=O) groups excluding carboxylic acids is 1. The molecule has 0 aliphatic carbocycles. The highest BCUT2D eigenvalue weighted by Crippen LogP contribution is 2.18. The fourth-order valence-electron chi connectivity index (χ4n) is 2.48. The summed E-state index contributed by atoms with van der Waals surface area (Å²) >= 11 is 3.38. The molecule has 0 saturated carbocycles. The van der Waals surface area contributed by atoms with E-state index in [1.807, 2.05) is 48.5 Å². The smallest absolute Gasteiger partial charge is 0.255 e. The van der Waals surface area contributed by atoms with E-state index >= 15 is 0 Å². The van der Waals surface area contributed by atoms with Crippen molar-refractivity contribution in [3.8, 4) is 0 Å². The maximum absolute atomic E-state index is 12.5. The second kappa shape index (κ2) is 6.38. The van der Waals surface area contributed by atoms with Crippen LogP contribution in [0.1, 0.15) is 15.9 Å². The van der Waals surface area contributed by atoms with Crippen LogP contribution in [0.25, 0.3) is 10.9 Å². The van der Waals surface area contributed by atoms with Gasteiger partial charge in [0.2, 0.25) is 0 Å². The van der Waals surface area contributed by atoms with Crippen molar-refractivity contribution < 1.29 is 4.79 Å². The van der Waals surface area contributed by atoms with Gasteiger partial charge < -0.3 is 9.88 Å². The number of aromatic amines is 1. The number of carbonyl (C=O) groups is 1. The molecule has 1 heterocycles. The minimum absolute atomic E-state index is 0.134. The van der Waals surface area contributed by atoms with Crippen molar-refractivity contribution in [3.05, 3.63) is 80.6 Å². The lowest BCUT2D eigenvalue weighted by atomic mass is 10.1. The van der Waals surface area contributed by atoms with Gasteiger partial charge in [0, 0.05) is 22.6 Å². The lowest BCUT2D eigenvalue weighted by molar-refractivity contribution is 0.0784. The number of H-pyrrole nitrogens is 1. The van der Waals surface area contributed by atoms with E-state index in [-0.39, 0.29) is 18.0 Å². The van der Waals surface area contributed by atoms with Crippen LogP contribution in [0.4, 0.5) is 0 Å². The number of rotatable bonds is 3. The summed E-state index contributed by atoms with van der Waals surface area (Å²) in [5.41, 5.74) is 1.76. The normalized spacial score (nSPS) is 10.7. The number of fused-ring (bicyclic) bond motifs is 1. The molecule has 1 aromatic heterocycles. The molecule has 3 aromatic rings. The molecular weight excluding hydrogens is 356 g/mol. The van der Waals surface area contributed by atoms with E-state index in [0.29, 0.717) is 11.1 Å². The molecule has 0 saturated heterocycles. The molecule has 0 bridgehead atoms. The SMILES string of the molecule is CN(Cc1cc2ccccc2[nH]c1=O)C(=O)c1ccccc1Br. The molecule has 3 rings (SSSR count). The number of hydrogen-bond acceptors (Lipinski definition) is 2. The molecule has 1 amide bonds. The minimum atomic E-state index is -0.171. The zero-order valence-corrected chi connectivity index (χ0v) is 14.1. The number of nitrogens with zero attached hydrogens (tertiary/aromatic N) is 1. The third-order valence-electron chi connectivity index (χ3n) is 3.69. The highest BCUT2D eigenvalue weighted by atomic mass is 79.9. The van der Waals surface area contributed by atoms with E-state index in [1.54, 1.807) is 18.0 Å². The summed E-state index contributed by atoms with van der Waals surface area (Å²) in [6.07, 6.45) is 0. The fourth-order valence-corrected chi connectivity index (χ4v) is 2.93. The van der Waals surface area contributed by atoms with E-state index in [0.717, 1.165) is 15.4 Å². The molecule has 0 radical (unpaired) electrons. The maximum Gasteiger partial charge on any atom is 0.255 e. The van der Waals surface area contributed by atoms with Crippen molar-refractivity contribution in [1.29, 1.82) is 0 Å². The van der Waals surface area contributed by atoms with Crippen molar-refractivity contribution in [2.75, 3.05) is 7.05 Å². The van der Waals surface area contributed by atoms with Crippen LogP contribution in [-0.2, 0) is 6.54 Å². The summed E-state index contributed by atoms with van der Waals surface area (Å²) in [5, 5.41) is 0.948. The highest BCUT2D eigenvalue weighted by molar-refractivity contribution is 9.10. The first kappa shape index (κ1) is 15.5. The molecule has 5 heteroatoms. The van der Waals surface area contributed by atoms with Crippen LogP contribution in [0.2, 0.25) is 0 Å². The first-order valence-corrected chi connectivity index (χ1v) is 7.96. The van der Waals surface area contributed by atoms with Crippen LogP contribution in [0, 0.1) is 0 Å². The second-order valence-electron chi connectivity index (χ2n) is 5.35. The molecule has 0 atom stereocenters. The van der Waals surface area contributed by atoms with Gasteiger partial charge in [0.1, 0.15) is 0 Å². The number of benzene rings is 2. The van der Waals surface area contributed by atoms with E-state index < -0.39 is 0 Å². The third-order valence-corrected chi connectivity index (χ3v) is 4.38. The Balaban J connectivity index is 1.89. The van der Waals surface area contributed by atoms with Gasteiger partial charge >= 0.3 is 0 Å². The van der Waals surface area contributed by atoms with Gasteiger partial charge in [-0.2, -0.15) is 0 Å². The molecule has 0 unspecified atom stereocenters. The molecule has 23 heavy (non-hydrogen) atoms. The number of amides is 1. The molecule has 1 N–H and O–H groups in total. The largest absolute Gasteiger partial charge is 0.337 e. The molecular formula is C18H15BrN2O2. The van der Waals surface area contributed by atoms with Crippen LogP contribution >= 0.6 is 15.9 Å². The Kier molecular flexibility index (Phi) is 4.30. The van der Waals surface area contributed by atoms with Crippen LogP contribution in [0.5, 0.6) is 0 Å². The van der Waals surface area contributed by atoms with Gasteiger partial charge in [-0.25, -0.2) is 0 Å². The number of halogens is 1. The second-order valence-corrected chi connectivity index (χ2v) is 6.21. The zero-order valence-electron chi connectivity index (χ0n) is 12.5. The van der Waals surface area contributed by atoms with E-state index in [4.69, 9.17) is 0 Å². The van der Waals surface area contributed by atoms with Gasteiger partial charge in [0.15, 0.2) is 0 Å². The lowest BCUT2D eigenvalue weighted by Gasteiger charge is -2.18. The van der Waals surface area contributed by atoms with Gasteiger partial charge in [0.25, 0.3) is 11.5 Å². The molecule has 0 aliphatic heterocycles. The topological polar surface area (TPSA) is 53.2 Å². The predicted octanol–water partition coefficient (Wildman–Crippen LogP) is 3.56. The van der Waals surface area contributed by atoms with Crippen molar-refractivity contribution in [3.63, 3.8) is 0 Å². The molecule has 4 nitrogen and oxygen atoms in total. The van der Waals surface area contributed by atoms with Crippen LogP contribution < -0.4 is 5.56 Å². The summed E-state index contributed by atoms with van der Waals surface area (Å²) in [7, 11) is 1.69. The number of aromatic nitrogens is 1. The van der Waals surface area contributed by atoms with Gasteiger partial charge in [-0.3, -0.25) is 9.59 Å². The van der Waals surface area contributed by atoms with Crippen molar-refractivity contribution in [2.45, 2.75) is 6.54 Å². The summed E-state index contributed by atoms with van der Waals surface area (Å²) in [6.45, 7) is 0.250. The van der Waals surface area contributed by atoms with Crippen molar-refractivity contribution in [2.24, 2.45) is 0 Å². The predicted molar refractivity (Wildman–Crippen MR) is 94.5 cm³/mol. The summed E-state index contributed by atoms with van der Waals surface area (Å²) in [4.78, 5) is 29.1. The number of para-hydroxylation sites is 1. The first-order chi connectivity index (χ1) is 11.1. The maximum atomic E-state index is 12.5. The quantitative estimate of drug-likeness (QED) is 0.766. The van der Waals surface area contributed by atoms with Gasteiger partial charge in [-0.15, -0.1) is 0 Å². The monoisotopic (exact) mass is 370 g/mol. The Morgan fingerprint density at radius 1 is 1.13 bits per heavy atom. The van der Waals surface area contributed by atoms with Gasteiger partial charge in [0.05, 0.1) is 12.1 Å².